The second-order valence-corrected chi connectivity index (χ2v) is 5.00. The Balaban J connectivity index is 1.90. The summed E-state index contributed by atoms with van der Waals surface area (Å²) in [4.78, 5) is 14.2. The van der Waals surface area contributed by atoms with Gasteiger partial charge in [-0.1, -0.05) is 37.3 Å². The van der Waals surface area contributed by atoms with Crippen LogP contribution in [0, 0.1) is 0 Å². The summed E-state index contributed by atoms with van der Waals surface area (Å²) in [5.41, 5.74) is 1.25. The fraction of sp³-hybridized carbons (Fsp3) is 0.533. The smallest absolute Gasteiger partial charge is 0.223 e. The first-order valence-electron chi connectivity index (χ1n) is 6.81. The van der Waals surface area contributed by atoms with Gasteiger partial charge in [0.15, 0.2) is 0 Å². The highest BCUT2D eigenvalue weighted by atomic mass is 16.2. The van der Waals surface area contributed by atoms with Crippen molar-refractivity contribution >= 4 is 5.91 Å². The number of benzene rings is 1. The Morgan fingerprint density at radius 2 is 2.06 bits per heavy atom. The van der Waals surface area contributed by atoms with Gasteiger partial charge in [-0.05, 0) is 24.4 Å². The van der Waals surface area contributed by atoms with Crippen LogP contribution < -0.4 is 5.32 Å². The van der Waals surface area contributed by atoms with Crippen molar-refractivity contribution in [1.29, 1.82) is 0 Å². The molecule has 1 amide bonds. The van der Waals surface area contributed by atoms with Crippen molar-refractivity contribution in [2.45, 2.75) is 25.7 Å². The van der Waals surface area contributed by atoms with E-state index < -0.39 is 0 Å². The molecule has 0 aromatic heterocycles. The monoisotopic (exact) mass is 246 g/mol. The Kier molecular flexibility index (Phi) is 4.76. The Morgan fingerprint density at radius 1 is 1.28 bits per heavy atom. The zero-order chi connectivity index (χ0) is 12.8. The molecule has 18 heavy (non-hydrogen) atoms. The molecule has 98 valence electrons. The Hall–Kier alpha value is -1.35. The number of hydrogen-bond donors (Lipinski definition) is 1. The zero-order valence-electron chi connectivity index (χ0n) is 11.1. The summed E-state index contributed by atoms with van der Waals surface area (Å²) in [5, 5.41) is 3.32. The van der Waals surface area contributed by atoms with Crippen LogP contribution in [-0.2, 0) is 4.79 Å². The second kappa shape index (κ2) is 6.55. The number of rotatable bonds is 3. The summed E-state index contributed by atoms with van der Waals surface area (Å²) >= 11 is 0. The van der Waals surface area contributed by atoms with Crippen molar-refractivity contribution in [3.63, 3.8) is 0 Å². The third kappa shape index (κ3) is 3.57. The van der Waals surface area contributed by atoms with Gasteiger partial charge in [-0.15, -0.1) is 0 Å². The van der Waals surface area contributed by atoms with Crippen molar-refractivity contribution in [3.05, 3.63) is 35.9 Å². The molecule has 1 unspecified atom stereocenters. The molecule has 1 N–H and O–H groups in total. The number of carbonyl (C=O) groups is 1. The average Bonchev–Trinajstić information content (AvgIpc) is 2.68. The van der Waals surface area contributed by atoms with Crippen LogP contribution in [0.5, 0.6) is 0 Å². The zero-order valence-corrected chi connectivity index (χ0v) is 11.1. The maximum Gasteiger partial charge on any atom is 0.223 e. The van der Waals surface area contributed by atoms with E-state index in [0.717, 1.165) is 32.6 Å². The highest BCUT2D eigenvalue weighted by molar-refractivity contribution is 5.77. The van der Waals surface area contributed by atoms with Crippen LogP contribution in [0.3, 0.4) is 0 Å². The molecule has 1 saturated heterocycles. The summed E-state index contributed by atoms with van der Waals surface area (Å²) in [7, 11) is 0. The molecular formula is C15H22N2O. The Morgan fingerprint density at radius 3 is 2.83 bits per heavy atom. The molecule has 3 heteroatoms. The van der Waals surface area contributed by atoms with Crippen molar-refractivity contribution in [1.82, 2.24) is 10.2 Å². The van der Waals surface area contributed by atoms with E-state index in [2.05, 4.69) is 24.4 Å². The van der Waals surface area contributed by atoms with Crippen LogP contribution in [0.2, 0.25) is 0 Å². The van der Waals surface area contributed by atoms with Gasteiger partial charge in [-0.2, -0.15) is 0 Å². The third-order valence-electron chi connectivity index (χ3n) is 3.54. The SMILES string of the molecule is CC(CC(=O)N1CCCNCC1)c1ccccc1. The standard InChI is InChI=1S/C15H22N2O/c1-13(14-6-3-2-4-7-14)12-15(18)17-10-5-8-16-9-11-17/h2-4,6-7,13,16H,5,8-12H2,1H3. The van der Waals surface area contributed by atoms with Gasteiger partial charge in [0.1, 0.15) is 0 Å². The molecule has 0 aliphatic carbocycles. The minimum Gasteiger partial charge on any atom is -0.341 e. The van der Waals surface area contributed by atoms with Crippen molar-refractivity contribution in [3.8, 4) is 0 Å². The largest absolute Gasteiger partial charge is 0.341 e. The molecule has 2 rings (SSSR count). The fourth-order valence-electron chi connectivity index (χ4n) is 2.39. The lowest BCUT2D eigenvalue weighted by Crippen LogP contribution is -2.34. The van der Waals surface area contributed by atoms with E-state index in [1.54, 1.807) is 0 Å². The molecule has 1 aliphatic heterocycles. The first-order chi connectivity index (χ1) is 8.77. The van der Waals surface area contributed by atoms with E-state index >= 15 is 0 Å². The molecule has 0 saturated carbocycles. The molecule has 1 aromatic carbocycles. The normalized spacial score (nSPS) is 18.2. The topological polar surface area (TPSA) is 32.3 Å². The van der Waals surface area contributed by atoms with Gasteiger partial charge in [0.2, 0.25) is 5.91 Å². The maximum absolute atomic E-state index is 12.2. The number of nitrogens with zero attached hydrogens (tertiary/aromatic N) is 1. The highest BCUT2D eigenvalue weighted by Gasteiger charge is 2.18. The molecule has 0 spiro atoms. The lowest BCUT2D eigenvalue weighted by Gasteiger charge is -2.22. The second-order valence-electron chi connectivity index (χ2n) is 5.00. The summed E-state index contributed by atoms with van der Waals surface area (Å²) in [5.74, 6) is 0.588. The summed E-state index contributed by atoms with van der Waals surface area (Å²) in [6.45, 7) is 5.82. The fourth-order valence-corrected chi connectivity index (χ4v) is 2.39. The van der Waals surface area contributed by atoms with E-state index in [9.17, 15) is 4.79 Å². The molecule has 0 bridgehead atoms. The molecule has 1 atom stereocenters. The van der Waals surface area contributed by atoms with E-state index in [1.807, 2.05) is 23.1 Å². The lowest BCUT2D eigenvalue weighted by molar-refractivity contribution is -0.131. The van der Waals surface area contributed by atoms with Gasteiger partial charge in [0.05, 0.1) is 0 Å². The van der Waals surface area contributed by atoms with Crippen LogP contribution in [-0.4, -0.2) is 37.0 Å². The van der Waals surface area contributed by atoms with Gasteiger partial charge in [0.25, 0.3) is 0 Å². The molecule has 3 nitrogen and oxygen atoms in total. The van der Waals surface area contributed by atoms with Crippen molar-refractivity contribution in [2.24, 2.45) is 0 Å². The molecule has 0 radical (unpaired) electrons. The first-order valence-corrected chi connectivity index (χ1v) is 6.81. The minimum absolute atomic E-state index is 0.287. The lowest BCUT2D eigenvalue weighted by atomic mass is 9.97. The number of amides is 1. The molecule has 1 heterocycles. The van der Waals surface area contributed by atoms with Gasteiger partial charge in [-0.25, -0.2) is 0 Å². The maximum atomic E-state index is 12.2. The van der Waals surface area contributed by atoms with Crippen molar-refractivity contribution in [2.75, 3.05) is 26.2 Å². The van der Waals surface area contributed by atoms with Crippen molar-refractivity contribution < 1.29 is 4.79 Å². The molecular weight excluding hydrogens is 224 g/mol. The van der Waals surface area contributed by atoms with Crippen LogP contribution in [0.1, 0.15) is 31.2 Å². The highest BCUT2D eigenvalue weighted by Crippen LogP contribution is 2.19. The Bertz CT molecular complexity index is 369. The summed E-state index contributed by atoms with van der Waals surface area (Å²) in [6, 6.07) is 10.3. The number of nitrogens with one attached hydrogen (secondary N) is 1. The van der Waals surface area contributed by atoms with Gasteiger partial charge >= 0.3 is 0 Å². The van der Waals surface area contributed by atoms with Crippen LogP contribution in [0.4, 0.5) is 0 Å². The third-order valence-corrected chi connectivity index (χ3v) is 3.54. The quantitative estimate of drug-likeness (QED) is 0.884. The molecule has 1 fully saturated rings. The van der Waals surface area contributed by atoms with E-state index in [0.29, 0.717) is 12.3 Å². The van der Waals surface area contributed by atoms with Crippen LogP contribution in [0.25, 0.3) is 0 Å². The average molecular weight is 246 g/mol. The molecule has 1 aromatic rings. The van der Waals surface area contributed by atoms with E-state index in [-0.39, 0.29) is 5.91 Å². The Labute approximate surface area is 109 Å². The summed E-state index contributed by atoms with van der Waals surface area (Å²) < 4.78 is 0. The number of hydrogen-bond acceptors (Lipinski definition) is 2. The van der Waals surface area contributed by atoms with E-state index in [1.165, 1.54) is 5.56 Å². The van der Waals surface area contributed by atoms with Crippen LogP contribution in [0.15, 0.2) is 30.3 Å². The minimum atomic E-state index is 0.287. The van der Waals surface area contributed by atoms with Crippen LogP contribution >= 0.6 is 0 Å². The number of carbonyl (C=O) groups excluding carboxylic acids is 1. The predicted octanol–water partition coefficient (Wildman–Crippen LogP) is 2.00. The van der Waals surface area contributed by atoms with Gasteiger partial charge in [0, 0.05) is 26.1 Å². The summed E-state index contributed by atoms with van der Waals surface area (Å²) in [6.07, 6.45) is 1.68. The first kappa shape index (κ1) is 13.1. The molecule has 1 aliphatic rings. The van der Waals surface area contributed by atoms with Gasteiger partial charge in [-0.3, -0.25) is 4.79 Å². The van der Waals surface area contributed by atoms with Gasteiger partial charge < -0.3 is 10.2 Å². The van der Waals surface area contributed by atoms with E-state index in [4.69, 9.17) is 0 Å². The predicted molar refractivity (Wildman–Crippen MR) is 73.5 cm³/mol.